The SMILES string of the molecule is O=C(O)C1(C2(O)CCCC2)CC2CCC1O2. The summed E-state index contributed by atoms with van der Waals surface area (Å²) in [4.78, 5) is 11.7. The first-order valence-corrected chi connectivity index (χ1v) is 6.20. The number of aliphatic hydroxyl groups is 1. The summed E-state index contributed by atoms with van der Waals surface area (Å²) in [5.41, 5.74) is -2.05. The third-order valence-electron chi connectivity index (χ3n) is 4.85. The number of hydrogen-bond donors (Lipinski definition) is 2. The summed E-state index contributed by atoms with van der Waals surface area (Å²) < 4.78 is 5.69. The number of carboxylic acids is 1. The molecule has 90 valence electrons. The highest BCUT2D eigenvalue weighted by molar-refractivity contribution is 5.78. The molecule has 0 aromatic rings. The van der Waals surface area contributed by atoms with Crippen LogP contribution in [-0.4, -0.2) is 34.0 Å². The second-order valence-corrected chi connectivity index (χ2v) is 5.54. The molecule has 3 rings (SSSR count). The molecule has 3 atom stereocenters. The van der Waals surface area contributed by atoms with Crippen molar-refractivity contribution in [2.75, 3.05) is 0 Å². The van der Waals surface area contributed by atoms with Gasteiger partial charge in [-0.2, -0.15) is 0 Å². The van der Waals surface area contributed by atoms with E-state index in [2.05, 4.69) is 0 Å². The Kier molecular flexibility index (Phi) is 2.11. The molecular weight excluding hydrogens is 208 g/mol. The van der Waals surface area contributed by atoms with Crippen LogP contribution in [0.25, 0.3) is 0 Å². The lowest BCUT2D eigenvalue weighted by Gasteiger charge is -2.43. The smallest absolute Gasteiger partial charge is 0.315 e. The molecule has 16 heavy (non-hydrogen) atoms. The lowest BCUT2D eigenvalue weighted by molar-refractivity contribution is -0.177. The minimum atomic E-state index is -1.03. The van der Waals surface area contributed by atoms with E-state index in [-0.39, 0.29) is 12.2 Å². The van der Waals surface area contributed by atoms with Gasteiger partial charge >= 0.3 is 5.97 Å². The van der Waals surface area contributed by atoms with Crippen LogP contribution in [0.15, 0.2) is 0 Å². The largest absolute Gasteiger partial charge is 0.481 e. The maximum Gasteiger partial charge on any atom is 0.315 e. The molecule has 3 unspecified atom stereocenters. The molecule has 2 N–H and O–H groups in total. The van der Waals surface area contributed by atoms with Gasteiger partial charge in [-0.3, -0.25) is 4.79 Å². The van der Waals surface area contributed by atoms with Crippen molar-refractivity contribution in [3.05, 3.63) is 0 Å². The van der Waals surface area contributed by atoms with E-state index in [9.17, 15) is 15.0 Å². The Morgan fingerprint density at radius 1 is 1.25 bits per heavy atom. The molecule has 1 saturated carbocycles. The van der Waals surface area contributed by atoms with Crippen LogP contribution < -0.4 is 0 Å². The van der Waals surface area contributed by atoms with Gasteiger partial charge in [0.05, 0.1) is 17.8 Å². The lowest BCUT2D eigenvalue weighted by Crippen LogP contribution is -2.57. The Balaban J connectivity index is 2.00. The van der Waals surface area contributed by atoms with E-state index in [1.54, 1.807) is 0 Å². The first kappa shape index (κ1) is 10.5. The number of rotatable bonds is 2. The Morgan fingerprint density at radius 3 is 2.38 bits per heavy atom. The van der Waals surface area contributed by atoms with Crippen molar-refractivity contribution in [3.63, 3.8) is 0 Å². The molecule has 0 amide bonds. The molecule has 4 heteroatoms. The van der Waals surface area contributed by atoms with E-state index < -0.39 is 17.0 Å². The molecule has 0 radical (unpaired) electrons. The molecule has 2 saturated heterocycles. The molecule has 3 aliphatic rings. The van der Waals surface area contributed by atoms with Crippen LogP contribution in [-0.2, 0) is 9.53 Å². The van der Waals surface area contributed by atoms with Gasteiger partial charge < -0.3 is 14.9 Å². The molecule has 3 fully saturated rings. The number of aliphatic carboxylic acids is 1. The Labute approximate surface area is 94.6 Å². The van der Waals surface area contributed by atoms with Crippen LogP contribution in [0.2, 0.25) is 0 Å². The monoisotopic (exact) mass is 226 g/mol. The van der Waals surface area contributed by atoms with E-state index in [0.717, 1.165) is 25.7 Å². The van der Waals surface area contributed by atoms with Gasteiger partial charge in [0, 0.05) is 0 Å². The molecule has 0 aromatic heterocycles. The van der Waals surface area contributed by atoms with Crippen molar-refractivity contribution in [2.45, 2.75) is 62.8 Å². The third kappa shape index (κ3) is 1.09. The zero-order valence-corrected chi connectivity index (χ0v) is 9.32. The summed E-state index contributed by atoms with van der Waals surface area (Å²) in [6.45, 7) is 0. The molecule has 0 aromatic carbocycles. The highest BCUT2D eigenvalue weighted by Gasteiger charge is 2.67. The molecule has 4 nitrogen and oxygen atoms in total. The summed E-state index contributed by atoms with van der Waals surface area (Å²) in [5.74, 6) is -0.857. The van der Waals surface area contributed by atoms with Gasteiger partial charge in [-0.05, 0) is 32.1 Å². The van der Waals surface area contributed by atoms with E-state index >= 15 is 0 Å². The number of hydrogen-bond acceptors (Lipinski definition) is 3. The van der Waals surface area contributed by atoms with Crippen LogP contribution in [0.1, 0.15) is 44.9 Å². The average Bonchev–Trinajstić information content (AvgIpc) is 2.91. The van der Waals surface area contributed by atoms with E-state index in [0.29, 0.717) is 19.3 Å². The van der Waals surface area contributed by atoms with Crippen LogP contribution in [0.5, 0.6) is 0 Å². The third-order valence-corrected chi connectivity index (χ3v) is 4.85. The molecule has 2 bridgehead atoms. The fourth-order valence-corrected chi connectivity index (χ4v) is 4.03. The second kappa shape index (κ2) is 3.20. The summed E-state index contributed by atoms with van der Waals surface area (Å²) >= 11 is 0. The predicted molar refractivity (Wildman–Crippen MR) is 56.0 cm³/mol. The van der Waals surface area contributed by atoms with Crippen molar-refractivity contribution in [1.82, 2.24) is 0 Å². The number of carboxylic acid groups (broad SMARTS) is 1. The minimum absolute atomic E-state index is 0.0609. The van der Waals surface area contributed by atoms with E-state index in [4.69, 9.17) is 4.74 Å². The van der Waals surface area contributed by atoms with Crippen molar-refractivity contribution < 1.29 is 19.7 Å². The van der Waals surface area contributed by atoms with Crippen LogP contribution >= 0.6 is 0 Å². The molecule has 2 heterocycles. The predicted octanol–water partition coefficient (Wildman–Crippen LogP) is 1.31. The van der Waals surface area contributed by atoms with Crippen LogP contribution in [0, 0.1) is 5.41 Å². The zero-order valence-electron chi connectivity index (χ0n) is 9.32. The molecule has 1 aliphatic carbocycles. The summed E-state index contributed by atoms with van der Waals surface area (Å²) in [7, 11) is 0. The van der Waals surface area contributed by atoms with Gasteiger partial charge in [0.2, 0.25) is 0 Å². The highest BCUT2D eigenvalue weighted by Crippen LogP contribution is 2.58. The van der Waals surface area contributed by atoms with Gasteiger partial charge in [0.1, 0.15) is 5.41 Å². The number of fused-ring (bicyclic) bond motifs is 2. The molecule has 0 spiro atoms. The zero-order chi connectivity index (χ0) is 11.4. The van der Waals surface area contributed by atoms with E-state index in [1.807, 2.05) is 0 Å². The fraction of sp³-hybridized carbons (Fsp3) is 0.917. The van der Waals surface area contributed by atoms with Gasteiger partial charge in [-0.1, -0.05) is 12.8 Å². The van der Waals surface area contributed by atoms with Crippen molar-refractivity contribution in [1.29, 1.82) is 0 Å². The normalized spacial score (nSPS) is 45.1. The standard InChI is InChI=1S/C12H18O4/c13-10(14)12(11(15)5-1-2-6-11)7-8-3-4-9(12)16-8/h8-9,15H,1-7H2,(H,13,14). The summed E-state index contributed by atoms with van der Waals surface area (Å²) in [5, 5.41) is 20.2. The second-order valence-electron chi connectivity index (χ2n) is 5.54. The fourth-order valence-electron chi connectivity index (χ4n) is 4.03. The first-order chi connectivity index (χ1) is 7.58. The van der Waals surface area contributed by atoms with E-state index in [1.165, 1.54) is 0 Å². The van der Waals surface area contributed by atoms with Crippen molar-refractivity contribution in [2.24, 2.45) is 5.41 Å². The maximum atomic E-state index is 11.7. The van der Waals surface area contributed by atoms with Gasteiger partial charge in [0.15, 0.2) is 0 Å². The minimum Gasteiger partial charge on any atom is -0.481 e. The number of ether oxygens (including phenoxy) is 1. The average molecular weight is 226 g/mol. The maximum absolute atomic E-state index is 11.7. The van der Waals surface area contributed by atoms with Gasteiger partial charge in [-0.15, -0.1) is 0 Å². The Morgan fingerprint density at radius 2 is 1.94 bits per heavy atom. The van der Waals surface area contributed by atoms with Gasteiger partial charge in [-0.25, -0.2) is 0 Å². The van der Waals surface area contributed by atoms with Crippen LogP contribution in [0.3, 0.4) is 0 Å². The molecule has 2 aliphatic heterocycles. The lowest BCUT2D eigenvalue weighted by atomic mass is 9.62. The van der Waals surface area contributed by atoms with Crippen LogP contribution in [0.4, 0.5) is 0 Å². The Bertz CT molecular complexity index is 321. The Hall–Kier alpha value is -0.610. The highest BCUT2D eigenvalue weighted by atomic mass is 16.5. The first-order valence-electron chi connectivity index (χ1n) is 6.20. The van der Waals surface area contributed by atoms with Crippen molar-refractivity contribution in [3.8, 4) is 0 Å². The molecular formula is C12H18O4. The number of carbonyl (C=O) groups is 1. The quantitative estimate of drug-likeness (QED) is 0.745. The summed E-state index contributed by atoms with van der Waals surface area (Å²) in [6, 6.07) is 0. The van der Waals surface area contributed by atoms with Gasteiger partial charge in [0.25, 0.3) is 0 Å². The topological polar surface area (TPSA) is 66.8 Å². The van der Waals surface area contributed by atoms with Crippen molar-refractivity contribution >= 4 is 5.97 Å². The summed E-state index contributed by atoms with van der Waals surface area (Å²) in [6.07, 6.45) is 5.14.